The number of hydrogen-bond acceptors (Lipinski definition) is 3. The number of hydrogen-bond donors (Lipinski definition) is 1. The number of ether oxygens (including phenoxy) is 2. The predicted octanol–water partition coefficient (Wildman–Crippen LogP) is 2.99. The standard InChI is InChI=1S/C19H21NO3/c1-13-11-16-12-14(3-8-18(16)23-13)9-10-20-19(21)15-4-6-17(22-2)7-5-15/h3-8,12-13H,9-11H2,1-2H3,(H,20,21). The van der Waals surface area contributed by atoms with Crippen LogP contribution in [0.25, 0.3) is 0 Å². The van der Waals surface area contributed by atoms with Gasteiger partial charge in [-0.15, -0.1) is 0 Å². The summed E-state index contributed by atoms with van der Waals surface area (Å²) in [7, 11) is 1.61. The number of benzene rings is 2. The second-order valence-electron chi connectivity index (χ2n) is 5.81. The number of nitrogens with one attached hydrogen (secondary N) is 1. The van der Waals surface area contributed by atoms with Gasteiger partial charge < -0.3 is 14.8 Å². The molecular weight excluding hydrogens is 290 g/mol. The first-order valence-electron chi connectivity index (χ1n) is 7.86. The molecule has 2 aromatic rings. The Morgan fingerprint density at radius 1 is 1.26 bits per heavy atom. The molecule has 0 radical (unpaired) electrons. The minimum absolute atomic E-state index is 0.0641. The van der Waals surface area contributed by atoms with Crippen LogP contribution in [0.1, 0.15) is 28.4 Å². The van der Waals surface area contributed by atoms with Crippen LogP contribution in [-0.4, -0.2) is 25.7 Å². The number of methoxy groups -OCH3 is 1. The molecule has 120 valence electrons. The van der Waals surface area contributed by atoms with Gasteiger partial charge in [-0.1, -0.05) is 12.1 Å². The van der Waals surface area contributed by atoms with Gasteiger partial charge in [0.1, 0.15) is 17.6 Å². The lowest BCUT2D eigenvalue weighted by molar-refractivity contribution is 0.0954. The van der Waals surface area contributed by atoms with Gasteiger partial charge in [-0.3, -0.25) is 4.79 Å². The molecule has 2 aromatic carbocycles. The van der Waals surface area contributed by atoms with E-state index in [9.17, 15) is 4.79 Å². The summed E-state index contributed by atoms with van der Waals surface area (Å²) < 4.78 is 10.8. The summed E-state index contributed by atoms with van der Waals surface area (Å²) in [5.41, 5.74) is 3.12. The number of carbonyl (C=O) groups is 1. The van der Waals surface area contributed by atoms with Crippen LogP contribution >= 0.6 is 0 Å². The molecule has 4 nitrogen and oxygen atoms in total. The zero-order chi connectivity index (χ0) is 16.2. The Labute approximate surface area is 136 Å². The van der Waals surface area contributed by atoms with Gasteiger partial charge in [-0.2, -0.15) is 0 Å². The molecule has 1 heterocycles. The zero-order valence-corrected chi connectivity index (χ0v) is 13.5. The quantitative estimate of drug-likeness (QED) is 0.923. The van der Waals surface area contributed by atoms with Crippen molar-refractivity contribution in [2.75, 3.05) is 13.7 Å². The fraction of sp³-hybridized carbons (Fsp3) is 0.316. The molecule has 0 bridgehead atoms. The van der Waals surface area contributed by atoms with Crippen molar-refractivity contribution in [2.24, 2.45) is 0 Å². The molecule has 1 atom stereocenters. The molecule has 0 saturated carbocycles. The van der Waals surface area contributed by atoms with E-state index in [0.717, 1.165) is 24.3 Å². The van der Waals surface area contributed by atoms with E-state index >= 15 is 0 Å². The Morgan fingerprint density at radius 2 is 2.04 bits per heavy atom. The third kappa shape index (κ3) is 3.65. The van der Waals surface area contributed by atoms with Crippen molar-refractivity contribution in [2.45, 2.75) is 25.9 Å². The number of amides is 1. The van der Waals surface area contributed by atoms with Crippen molar-refractivity contribution in [1.29, 1.82) is 0 Å². The van der Waals surface area contributed by atoms with E-state index in [0.29, 0.717) is 12.1 Å². The largest absolute Gasteiger partial charge is 0.497 e. The predicted molar refractivity (Wildman–Crippen MR) is 89.3 cm³/mol. The average Bonchev–Trinajstić information content (AvgIpc) is 2.94. The SMILES string of the molecule is COc1ccc(C(=O)NCCc2ccc3c(c2)CC(C)O3)cc1. The Kier molecular flexibility index (Phi) is 4.51. The number of carbonyl (C=O) groups excluding carboxylic acids is 1. The molecule has 3 rings (SSSR count). The summed E-state index contributed by atoms with van der Waals surface area (Å²) in [6, 6.07) is 13.4. The molecule has 4 heteroatoms. The topological polar surface area (TPSA) is 47.6 Å². The molecule has 0 aromatic heterocycles. The third-order valence-electron chi connectivity index (χ3n) is 4.01. The minimum Gasteiger partial charge on any atom is -0.497 e. The summed E-state index contributed by atoms with van der Waals surface area (Å²) in [5.74, 6) is 1.67. The molecule has 1 unspecified atom stereocenters. The molecule has 1 aliphatic heterocycles. The summed E-state index contributed by atoms with van der Waals surface area (Å²) in [5, 5.41) is 2.95. The van der Waals surface area contributed by atoms with Crippen LogP contribution in [0.2, 0.25) is 0 Å². The van der Waals surface area contributed by atoms with Gasteiger partial charge in [0.15, 0.2) is 0 Å². The molecule has 0 saturated heterocycles. The molecule has 1 aliphatic rings. The maximum atomic E-state index is 12.1. The first-order valence-corrected chi connectivity index (χ1v) is 7.86. The molecule has 0 spiro atoms. The van der Waals surface area contributed by atoms with E-state index < -0.39 is 0 Å². The van der Waals surface area contributed by atoms with Gasteiger partial charge in [0, 0.05) is 18.5 Å². The normalized spacial score (nSPS) is 15.7. The maximum Gasteiger partial charge on any atom is 0.251 e. The van der Waals surface area contributed by atoms with Crippen molar-refractivity contribution in [3.8, 4) is 11.5 Å². The Hall–Kier alpha value is -2.49. The van der Waals surface area contributed by atoms with Gasteiger partial charge in [0.05, 0.1) is 7.11 Å². The van der Waals surface area contributed by atoms with Gasteiger partial charge in [-0.05, 0) is 54.8 Å². The Balaban J connectivity index is 1.53. The average molecular weight is 311 g/mol. The molecule has 23 heavy (non-hydrogen) atoms. The first-order chi connectivity index (χ1) is 11.2. The highest BCUT2D eigenvalue weighted by Gasteiger charge is 2.18. The second kappa shape index (κ2) is 6.73. The summed E-state index contributed by atoms with van der Waals surface area (Å²) in [6.45, 7) is 2.69. The van der Waals surface area contributed by atoms with Gasteiger partial charge in [-0.25, -0.2) is 0 Å². The van der Waals surface area contributed by atoms with E-state index in [1.165, 1.54) is 11.1 Å². The van der Waals surface area contributed by atoms with Crippen molar-refractivity contribution in [3.05, 3.63) is 59.2 Å². The van der Waals surface area contributed by atoms with Crippen LogP contribution < -0.4 is 14.8 Å². The van der Waals surface area contributed by atoms with E-state index in [4.69, 9.17) is 9.47 Å². The van der Waals surface area contributed by atoms with E-state index in [-0.39, 0.29) is 12.0 Å². The summed E-state index contributed by atoms with van der Waals surface area (Å²) >= 11 is 0. The minimum atomic E-state index is -0.0641. The maximum absolute atomic E-state index is 12.1. The van der Waals surface area contributed by atoms with Crippen molar-refractivity contribution in [3.63, 3.8) is 0 Å². The van der Waals surface area contributed by atoms with Crippen LogP contribution in [0.4, 0.5) is 0 Å². The van der Waals surface area contributed by atoms with Crippen LogP contribution in [-0.2, 0) is 12.8 Å². The van der Waals surface area contributed by atoms with Gasteiger partial charge in [0.2, 0.25) is 0 Å². The molecule has 1 amide bonds. The fourth-order valence-electron chi connectivity index (χ4n) is 2.80. The van der Waals surface area contributed by atoms with E-state index in [1.807, 2.05) is 6.07 Å². The smallest absolute Gasteiger partial charge is 0.251 e. The van der Waals surface area contributed by atoms with Crippen LogP contribution in [0.15, 0.2) is 42.5 Å². The van der Waals surface area contributed by atoms with Crippen LogP contribution in [0.5, 0.6) is 11.5 Å². The number of rotatable bonds is 5. The Morgan fingerprint density at radius 3 is 2.78 bits per heavy atom. The lowest BCUT2D eigenvalue weighted by Gasteiger charge is -2.07. The highest BCUT2D eigenvalue weighted by molar-refractivity contribution is 5.94. The highest BCUT2D eigenvalue weighted by atomic mass is 16.5. The van der Waals surface area contributed by atoms with E-state index in [2.05, 4.69) is 24.4 Å². The van der Waals surface area contributed by atoms with Crippen LogP contribution in [0, 0.1) is 0 Å². The summed E-state index contributed by atoms with van der Waals surface area (Å²) in [6.07, 6.45) is 2.03. The van der Waals surface area contributed by atoms with Crippen molar-refractivity contribution in [1.82, 2.24) is 5.32 Å². The van der Waals surface area contributed by atoms with E-state index in [1.54, 1.807) is 31.4 Å². The molecular formula is C19H21NO3. The number of fused-ring (bicyclic) bond motifs is 1. The molecule has 1 N–H and O–H groups in total. The lowest BCUT2D eigenvalue weighted by atomic mass is 10.0. The molecule has 0 aliphatic carbocycles. The highest BCUT2D eigenvalue weighted by Crippen LogP contribution is 2.29. The third-order valence-corrected chi connectivity index (χ3v) is 4.01. The monoisotopic (exact) mass is 311 g/mol. The summed E-state index contributed by atoms with van der Waals surface area (Å²) in [4.78, 5) is 12.1. The Bertz CT molecular complexity index is 694. The van der Waals surface area contributed by atoms with Crippen molar-refractivity contribution < 1.29 is 14.3 Å². The second-order valence-corrected chi connectivity index (χ2v) is 5.81. The molecule has 0 fully saturated rings. The fourth-order valence-corrected chi connectivity index (χ4v) is 2.80. The van der Waals surface area contributed by atoms with Gasteiger partial charge in [0.25, 0.3) is 5.91 Å². The lowest BCUT2D eigenvalue weighted by Crippen LogP contribution is -2.25. The zero-order valence-electron chi connectivity index (χ0n) is 13.5. The first kappa shape index (κ1) is 15.4. The van der Waals surface area contributed by atoms with Crippen LogP contribution in [0.3, 0.4) is 0 Å². The van der Waals surface area contributed by atoms with Crippen molar-refractivity contribution >= 4 is 5.91 Å². The van der Waals surface area contributed by atoms with Gasteiger partial charge >= 0.3 is 0 Å².